The highest BCUT2D eigenvalue weighted by molar-refractivity contribution is 5.94. The van der Waals surface area contributed by atoms with E-state index in [0.717, 1.165) is 27.5 Å². The smallest absolute Gasteiger partial charge is 0.333 e. The van der Waals surface area contributed by atoms with Gasteiger partial charge in [-0.15, -0.1) is 0 Å². The average Bonchev–Trinajstić information content (AvgIpc) is 2.98. The van der Waals surface area contributed by atoms with Crippen molar-refractivity contribution >= 4 is 22.7 Å². The van der Waals surface area contributed by atoms with Gasteiger partial charge >= 0.3 is 11.9 Å². The molecule has 0 fully saturated rings. The van der Waals surface area contributed by atoms with E-state index < -0.39 is 24.1 Å². The Hall–Kier alpha value is -4.84. The number of aryl methyl sites for hydroxylation is 1. The van der Waals surface area contributed by atoms with Gasteiger partial charge in [0.25, 0.3) is 0 Å². The van der Waals surface area contributed by atoms with Crippen molar-refractivity contribution in [2.45, 2.75) is 33.0 Å². The molecule has 2 atom stereocenters. The highest BCUT2D eigenvalue weighted by Gasteiger charge is 2.22. The zero-order valence-corrected chi connectivity index (χ0v) is 23.6. The van der Waals surface area contributed by atoms with E-state index in [1.165, 1.54) is 0 Å². The molecule has 6 heteroatoms. The van der Waals surface area contributed by atoms with Crippen LogP contribution in [0.3, 0.4) is 0 Å². The molecule has 0 N–H and O–H groups in total. The van der Waals surface area contributed by atoms with Crippen LogP contribution in [0.4, 0.5) is 0 Å². The Balaban J connectivity index is 1.60. The molecule has 2 unspecified atom stereocenters. The summed E-state index contributed by atoms with van der Waals surface area (Å²) in [5, 5.41) is 1.68. The Morgan fingerprint density at radius 1 is 0.659 bits per heavy atom. The largest absolute Gasteiger partial charge is 0.489 e. The van der Waals surface area contributed by atoms with E-state index in [9.17, 15) is 9.59 Å². The van der Waals surface area contributed by atoms with Crippen molar-refractivity contribution in [1.82, 2.24) is 0 Å². The van der Waals surface area contributed by atoms with Crippen molar-refractivity contribution in [2.75, 3.05) is 13.2 Å². The first-order valence-electron chi connectivity index (χ1n) is 13.4. The molecule has 0 aliphatic rings. The summed E-state index contributed by atoms with van der Waals surface area (Å²) in [6, 6.07) is 28.6. The van der Waals surface area contributed by atoms with Crippen LogP contribution in [0.25, 0.3) is 10.8 Å². The second-order valence-electron chi connectivity index (χ2n) is 9.86. The normalized spacial score (nSPS) is 12.2. The Labute approximate surface area is 240 Å². The van der Waals surface area contributed by atoms with Crippen LogP contribution in [-0.4, -0.2) is 25.2 Å². The number of benzene rings is 4. The van der Waals surface area contributed by atoms with Gasteiger partial charge in [0.1, 0.15) is 24.7 Å². The number of ether oxygens (including phenoxy) is 4. The molecule has 0 aliphatic carbocycles. The van der Waals surface area contributed by atoms with Gasteiger partial charge in [-0.2, -0.15) is 0 Å². The number of hydrogen-bond donors (Lipinski definition) is 0. The zero-order valence-electron chi connectivity index (χ0n) is 23.6. The fourth-order valence-electron chi connectivity index (χ4n) is 4.28. The first-order chi connectivity index (χ1) is 19.7. The van der Waals surface area contributed by atoms with Crippen molar-refractivity contribution in [3.63, 3.8) is 0 Å². The maximum absolute atomic E-state index is 12.4. The lowest BCUT2D eigenvalue weighted by Gasteiger charge is -2.22. The van der Waals surface area contributed by atoms with E-state index in [0.29, 0.717) is 22.6 Å². The second-order valence-corrected chi connectivity index (χ2v) is 9.86. The zero-order chi connectivity index (χ0) is 29.4. The molecule has 0 radical (unpaired) electrons. The van der Waals surface area contributed by atoms with Gasteiger partial charge in [-0.3, -0.25) is 0 Å². The first kappa shape index (κ1) is 29.2. The van der Waals surface area contributed by atoms with E-state index in [-0.39, 0.29) is 13.2 Å². The number of esters is 2. The molecule has 0 saturated heterocycles. The molecule has 0 amide bonds. The molecular weight excluding hydrogens is 516 g/mol. The van der Waals surface area contributed by atoms with Crippen molar-refractivity contribution in [3.8, 4) is 11.5 Å². The third kappa shape index (κ3) is 7.42. The summed E-state index contributed by atoms with van der Waals surface area (Å²) in [5.41, 5.74) is 3.11. The minimum absolute atomic E-state index is 0.111. The highest BCUT2D eigenvalue weighted by atomic mass is 16.6. The van der Waals surface area contributed by atoms with Gasteiger partial charge in [-0.25, -0.2) is 9.59 Å². The SMILES string of the molecule is C=C(C)C(=O)OC(COc1cc(C)c(OCC(OC(=O)C(=C)C)c2ccccc2)c2ccccc12)c1ccccc1. The van der Waals surface area contributed by atoms with E-state index in [1.807, 2.05) is 97.9 Å². The molecule has 210 valence electrons. The maximum Gasteiger partial charge on any atom is 0.333 e. The molecule has 4 aromatic carbocycles. The van der Waals surface area contributed by atoms with Gasteiger partial charge in [0.15, 0.2) is 12.2 Å². The van der Waals surface area contributed by atoms with E-state index in [4.69, 9.17) is 18.9 Å². The van der Waals surface area contributed by atoms with E-state index in [2.05, 4.69) is 13.2 Å². The predicted molar refractivity (Wildman–Crippen MR) is 160 cm³/mol. The molecule has 4 aromatic rings. The number of carbonyl (C=O) groups is 2. The van der Waals surface area contributed by atoms with Crippen LogP contribution in [-0.2, 0) is 19.1 Å². The summed E-state index contributed by atoms with van der Waals surface area (Å²) in [4.78, 5) is 24.7. The Bertz CT molecular complexity index is 1540. The van der Waals surface area contributed by atoms with Crippen molar-refractivity contribution in [3.05, 3.63) is 132 Å². The lowest BCUT2D eigenvalue weighted by molar-refractivity contribution is -0.147. The molecule has 0 aliphatic heterocycles. The van der Waals surface area contributed by atoms with Gasteiger partial charge in [0.05, 0.1) is 0 Å². The third-order valence-corrected chi connectivity index (χ3v) is 6.45. The summed E-state index contributed by atoms with van der Waals surface area (Å²) >= 11 is 0. The van der Waals surface area contributed by atoms with E-state index >= 15 is 0 Å². The lowest BCUT2D eigenvalue weighted by atomic mass is 10.0. The monoisotopic (exact) mass is 550 g/mol. The standard InChI is InChI=1S/C35H34O6/c1-23(2)34(36)40-31(26-14-8-6-9-15-26)21-38-30-20-25(5)33(29-19-13-12-18-28(29)30)39-22-32(41-35(37)24(3)4)27-16-10-7-11-17-27/h6-20,31-32H,1,3,21-22H2,2,4-5H3. The first-order valence-corrected chi connectivity index (χ1v) is 13.4. The van der Waals surface area contributed by atoms with Gasteiger partial charge < -0.3 is 18.9 Å². The Kier molecular flexibility index (Phi) is 9.59. The lowest BCUT2D eigenvalue weighted by Crippen LogP contribution is -2.19. The second kappa shape index (κ2) is 13.5. The van der Waals surface area contributed by atoms with Crippen LogP contribution in [0.2, 0.25) is 0 Å². The van der Waals surface area contributed by atoms with E-state index in [1.54, 1.807) is 13.8 Å². The number of fused-ring (bicyclic) bond motifs is 1. The summed E-state index contributed by atoms with van der Waals surface area (Å²) in [7, 11) is 0. The van der Waals surface area contributed by atoms with Gasteiger partial charge in [-0.05, 0) is 43.5 Å². The van der Waals surface area contributed by atoms with Crippen molar-refractivity contribution in [1.29, 1.82) is 0 Å². The topological polar surface area (TPSA) is 71.1 Å². The Morgan fingerprint density at radius 2 is 1.10 bits per heavy atom. The van der Waals surface area contributed by atoms with Crippen LogP contribution in [0.1, 0.15) is 42.7 Å². The number of rotatable bonds is 12. The van der Waals surface area contributed by atoms with Crippen LogP contribution in [0, 0.1) is 6.92 Å². The molecule has 0 saturated carbocycles. The highest BCUT2D eigenvalue weighted by Crippen LogP contribution is 2.38. The van der Waals surface area contributed by atoms with Crippen LogP contribution >= 0.6 is 0 Å². The number of carbonyl (C=O) groups excluding carboxylic acids is 2. The van der Waals surface area contributed by atoms with Gasteiger partial charge in [-0.1, -0.05) is 98.1 Å². The third-order valence-electron chi connectivity index (χ3n) is 6.45. The minimum Gasteiger partial charge on any atom is -0.489 e. The van der Waals surface area contributed by atoms with Crippen LogP contribution < -0.4 is 9.47 Å². The van der Waals surface area contributed by atoms with Gasteiger partial charge in [0, 0.05) is 21.9 Å². The summed E-state index contributed by atoms with van der Waals surface area (Å²) < 4.78 is 24.0. The average molecular weight is 551 g/mol. The molecule has 0 bridgehead atoms. The maximum atomic E-state index is 12.4. The molecule has 41 heavy (non-hydrogen) atoms. The van der Waals surface area contributed by atoms with Crippen molar-refractivity contribution in [2.24, 2.45) is 0 Å². The Morgan fingerprint density at radius 3 is 1.59 bits per heavy atom. The van der Waals surface area contributed by atoms with Crippen LogP contribution in [0.5, 0.6) is 11.5 Å². The number of hydrogen-bond acceptors (Lipinski definition) is 6. The molecular formula is C35H34O6. The minimum atomic E-state index is -0.621. The molecule has 0 aromatic heterocycles. The van der Waals surface area contributed by atoms with Gasteiger partial charge in [0.2, 0.25) is 0 Å². The molecule has 4 rings (SSSR count). The predicted octanol–water partition coefficient (Wildman–Crippen LogP) is 7.63. The van der Waals surface area contributed by atoms with Crippen LogP contribution in [0.15, 0.2) is 115 Å². The summed E-state index contributed by atoms with van der Waals surface area (Å²) in [5.74, 6) is 0.334. The molecule has 6 nitrogen and oxygen atoms in total. The fourth-order valence-corrected chi connectivity index (χ4v) is 4.28. The summed E-state index contributed by atoms with van der Waals surface area (Å²) in [6.07, 6.45) is -1.24. The molecule has 0 spiro atoms. The molecule has 0 heterocycles. The quantitative estimate of drug-likeness (QED) is 0.133. The van der Waals surface area contributed by atoms with Crippen molar-refractivity contribution < 1.29 is 28.5 Å². The summed E-state index contributed by atoms with van der Waals surface area (Å²) in [6.45, 7) is 12.8. The fraction of sp³-hybridized carbons (Fsp3) is 0.200.